The van der Waals surface area contributed by atoms with Gasteiger partial charge in [0.25, 0.3) is 5.91 Å². The molecule has 2 fully saturated rings. The van der Waals surface area contributed by atoms with Crippen LogP contribution in [0, 0.1) is 25.7 Å². The molecule has 8 heteroatoms. The van der Waals surface area contributed by atoms with Crippen LogP contribution in [0.5, 0.6) is 0 Å². The van der Waals surface area contributed by atoms with Crippen molar-refractivity contribution in [3.63, 3.8) is 0 Å². The zero-order valence-corrected chi connectivity index (χ0v) is 22.9. The van der Waals surface area contributed by atoms with E-state index >= 15 is 0 Å². The summed E-state index contributed by atoms with van der Waals surface area (Å²) in [6, 6.07) is 14.8. The number of amides is 3. The average Bonchev–Trinajstić information content (AvgIpc) is 3.26. The van der Waals surface area contributed by atoms with Crippen molar-refractivity contribution in [1.29, 1.82) is 0 Å². The van der Waals surface area contributed by atoms with E-state index in [0.717, 1.165) is 22.4 Å². The molecule has 2 aromatic rings. The summed E-state index contributed by atoms with van der Waals surface area (Å²) in [4.78, 5) is 47.9. The zero-order valence-electron chi connectivity index (χ0n) is 22.9. The number of hydrogen-bond acceptors (Lipinski definition) is 5. The number of fused-ring (bicyclic) bond motifs is 2. The Labute approximate surface area is 234 Å². The van der Waals surface area contributed by atoms with E-state index in [2.05, 4.69) is 0 Å². The number of hydrogen-bond donors (Lipinski definition) is 1. The lowest BCUT2D eigenvalue weighted by Gasteiger charge is -2.36. The standard InChI is InChI=1S/C32H35N3O5/c1-21-10-6-11-22(2)27(21)34-17-8-15-32-26(30(38)35(18-9-19-36)28(32)31(34)39)25-24(40-32)14-7-16-33(29(25)37)20-23-12-4-3-5-13-23/h3-8,10-15,24-26,28,36H,9,16-20H2,1-2H3/t24-,25+,26-,28?,32-/m0/s1. The van der Waals surface area contributed by atoms with Crippen LogP contribution in [0.1, 0.15) is 23.1 Å². The van der Waals surface area contributed by atoms with Crippen LogP contribution in [0.4, 0.5) is 5.69 Å². The zero-order chi connectivity index (χ0) is 28.0. The first kappa shape index (κ1) is 26.5. The first-order valence-corrected chi connectivity index (χ1v) is 14.0. The number of carbonyl (C=O) groups excluding carboxylic acids is 3. The fourth-order valence-electron chi connectivity index (χ4n) is 7.05. The van der Waals surface area contributed by atoms with Crippen LogP contribution in [-0.4, -0.2) is 76.6 Å². The van der Waals surface area contributed by atoms with Gasteiger partial charge in [0.1, 0.15) is 11.6 Å². The van der Waals surface area contributed by atoms with Crippen LogP contribution < -0.4 is 4.90 Å². The number of para-hydroxylation sites is 1. The molecule has 0 radical (unpaired) electrons. The number of aliphatic hydroxyl groups is 1. The Morgan fingerprint density at radius 3 is 2.40 bits per heavy atom. The summed E-state index contributed by atoms with van der Waals surface area (Å²) in [6.45, 7) is 5.22. The Bertz CT molecular complexity index is 1370. The van der Waals surface area contributed by atoms with Gasteiger partial charge in [-0.15, -0.1) is 0 Å². The molecule has 5 atom stereocenters. The summed E-state index contributed by atoms with van der Waals surface area (Å²) in [5.41, 5.74) is 2.48. The number of ether oxygens (including phenoxy) is 1. The lowest BCUT2D eigenvalue weighted by atomic mass is 9.77. The van der Waals surface area contributed by atoms with Gasteiger partial charge in [0.15, 0.2) is 0 Å². The van der Waals surface area contributed by atoms with Crippen molar-refractivity contribution in [2.45, 2.75) is 44.6 Å². The molecule has 0 saturated carbocycles. The van der Waals surface area contributed by atoms with Gasteiger partial charge < -0.3 is 24.5 Å². The fourth-order valence-corrected chi connectivity index (χ4v) is 7.05. The van der Waals surface area contributed by atoms with Crippen LogP contribution in [0.15, 0.2) is 72.8 Å². The van der Waals surface area contributed by atoms with Gasteiger partial charge in [-0.3, -0.25) is 14.4 Å². The first-order chi connectivity index (χ1) is 19.4. The van der Waals surface area contributed by atoms with Crippen LogP contribution in [0.3, 0.4) is 0 Å². The summed E-state index contributed by atoms with van der Waals surface area (Å²) in [7, 11) is 0. The predicted octanol–water partition coefficient (Wildman–Crippen LogP) is 2.77. The van der Waals surface area contributed by atoms with Gasteiger partial charge in [-0.05, 0) is 37.0 Å². The second kappa shape index (κ2) is 10.3. The van der Waals surface area contributed by atoms with Crippen molar-refractivity contribution in [3.05, 3.63) is 89.5 Å². The van der Waals surface area contributed by atoms with Crippen molar-refractivity contribution < 1.29 is 24.2 Å². The lowest BCUT2D eigenvalue weighted by molar-refractivity contribution is -0.144. The van der Waals surface area contributed by atoms with Gasteiger partial charge in [-0.2, -0.15) is 0 Å². The third-order valence-electron chi connectivity index (χ3n) is 8.72. The molecular weight excluding hydrogens is 506 g/mol. The molecule has 1 spiro atoms. The minimum atomic E-state index is -1.28. The Morgan fingerprint density at radius 2 is 1.68 bits per heavy atom. The monoisotopic (exact) mass is 541 g/mol. The first-order valence-electron chi connectivity index (χ1n) is 14.0. The topological polar surface area (TPSA) is 90.4 Å². The van der Waals surface area contributed by atoms with Gasteiger partial charge >= 0.3 is 0 Å². The normalized spacial score (nSPS) is 29.4. The molecule has 4 aliphatic rings. The summed E-state index contributed by atoms with van der Waals surface area (Å²) >= 11 is 0. The average molecular weight is 542 g/mol. The Balaban J connectivity index is 1.41. The quantitative estimate of drug-likeness (QED) is 0.568. The summed E-state index contributed by atoms with van der Waals surface area (Å²) in [5, 5.41) is 9.63. The number of likely N-dealkylation sites (tertiary alicyclic amines) is 1. The van der Waals surface area contributed by atoms with Crippen molar-refractivity contribution in [2.24, 2.45) is 11.8 Å². The van der Waals surface area contributed by atoms with Crippen LogP contribution in [0.2, 0.25) is 0 Å². The highest BCUT2D eigenvalue weighted by atomic mass is 16.5. The van der Waals surface area contributed by atoms with Crippen molar-refractivity contribution in [2.75, 3.05) is 31.1 Å². The molecule has 1 unspecified atom stereocenters. The largest absolute Gasteiger partial charge is 0.396 e. The number of nitrogens with zero attached hydrogens (tertiary/aromatic N) is 3. The van der Waals surface area contributed by atoms with E-state index in [1.807, 2.05) is 86.7 Å². The van der Waals surface area contributed by atoms with Gasteiger partial charge in [-0.1, -0.05) is 72.8 Å². The predicted molar refractivity (Wildman–Crippen MR) is 150 cm³/mol. The highest BCUT2D eigenvalue weighted by Crippen LogP contribution is 2.53. The molecule has 0 aromatic heterocycles. The third kappa shape index (κ3) is 4.09. The maximum Gasteiger partial charge on any atom is 0.253 e. The van der Waals surface area contributed by atoms with Crippen LogP contribution in [-0.2, 0) is 25.7 Å². The molecule has 40 heavy (non-hydrogen) atoms. The molecule has 0 aliphatic carbocycles. The van der Waals surface area contributed by atoms with E-state index < -0.39 is 29.6 Å². The van der Waals surface area contributed by atoms with Gasteiger partial charge in [-0.25, -0.2) is 0 Å². The summed E-state index contributed by atoms with van der Waals surface area (Å²) in [6.07, 6.45) is 7.29. The summed E-state index contributed by atoms with van der Waals surface area (Å²) < 4.78 is 6.71. The maximum absolute atomic E-state index is 14.5. The van der Waals surface area contributed by atoms with Crippen molar-refractivity contribution in [1.82, 2.24) is 9.80 Å². The highest BCUT2D eigenvalue weighted by molar-refractivity contribution is 6.06. The Kier molecular flexibility index (Phi) is 6.84. The van der Waals surface area contributed by atoms with Gasteiger partial charge in [0.05, 0.1) is 17.9 Å². The van der Waals surface area contributed by atoms with E-state index in [4.69, 9.17) is 4.74 Å². The Hall–Kier alpha value is -3.75. The van der Waals surface area contributed by atoms with E-state index in [9.17, 15) is 19.5 Å². The number of aliphatic hydroxyl groups excluding tert-OH is 1. The van der Waals surface area contributed by atoms with Crippen LogP contribution in [0.25, 0.3) is 0 Å². The minimum absolute atomic E-state index is 0.113. The van der Waals surface area contributed by atoms with E-state index in [1.54, 1.807) is 14.7 Å². The fraction of sp³-hybridized carbons (Fsp3) is 0.406. The third-order valence-corrected chi connectivity index (χ3v) is 8.72. The molecule has 8 nitrogen and oxygen atoms in total. The lowest BCUT2D eigenvalue weighted by Crippen LogP contribution is -2.55. The molecule has 0 bridgehead atoms. The van der Waals surface area contributed by atoms with E-state index in [1.165, 1.54) is 0 Å². The molecule has 208 valence electrons. The molecule has 2 saturated heterocycles. The molecule has 4 heterocycles. The van der Waals surface area contributed by atoms with Crippen molar-refractivity contribution >= 4 is 23.4 Å². The molecule has 1 N–H and O–H groups in total. The van der Waals surface area contributed by atoms with Gasteiger partial charge in [0.2, 0.25) is 11.8 Å². The number of aryl methyl sites for hydroxylation is 2. The van der Waals surface area contributed by atoms with Crippen molar-refractivity contribution in [3.8, 4) is 0 Å². The molecule has 3 amide bonds. The SMILES string of the molecule is Cc1cccc(C)c1N1CC=C[C@]23O[C@H]4C=CCN(Cc5ccccc5)C(=O)[C@H]4[C@H]2C(=O)N(CCCO)C3C1=O. The second-order valence-electron chi connectivity index (χ2n) is 11.2. The number of anilines is 1. The number of rotatable bonds is 6. The van der Waals surface area contributed by atoms with Crippen LogP contribution >= 0.6 is 0 Å². The molecule has 4 aliphatic heterocycles. The van der Waals surface area contributed by atoms with E-state index in [-0.39, 0.29) is 30.9 Å². The smallest absolute Gasteiger partial charge is 0.253 e. The summed E-state index contributed by atoms with van der Waals surface area (Å²) in [5.74, 6) is -2.23. The maximum atomic E-state index is 14.5. The second-order valence-corrected chi connectivity index (χ2v) is 11.2. The Morgan fingerprint density at radius 1 is 0.925 bits per heavy atom. The molecule has 2 aromatic carbocycles. The molecular formula is C32H35N3O5. The minimum Gasteiger partial charge on any atom is -0.396 e. The molecule has 6 rings (SSSR count). The highest BCUT2D eigenvalue weighted by Gasteiger charge is 2.71. The van der Waals surface area contributed by atoms with Gasteiger partial charge in [0, 0.05) is 38.5 Å². The number of benzene rings is 2. The van der Waals surface area contributed by atoms with E-state index in [0.29, 0.717) is 26.1 Å². The number of carbonyl (C=O) groups is 3.